The van der Waals surface area contributed by atoms with Crippen molar-refractivity contribution in [1.82, 2.24) is 0 Å². The fraction of sp³-hybridized carbons (Fsp3) is 0.968. The van der Waals surface area contributed by atoms with Gasteiger partial charge in [-0.15, -0.1) is 0 Å². The molecule has 0 aromatic rings. The standard InChI is InChI=1S/C31H61NO4Si3/c1-29-18-15-24(35-38(7,8)9)21-23(29)13-14-25-26(29)16-19-30(2)27(25)17-20-31(30,36-39(10,11)12)28(32-33-3)22-34-37(4,5)6/h23-27H,13-22H2,1-12H3/b32-28+/t23?,24?,25-,26+,27+,29+,30+,31+/m1/s1. The van der Waals surface area contributed by atoms with Crippen LogP contribution in [0.1, 0.15) is 71.6 Å². The van der Waals surface area contributed by atoms with E-state index in [1.54, 1.807) is 7.11 Å². The number of hydrogen-bond acceptors (Lipinski definition) is 5. The van der Waals surface area contributed by atoms with E-state index in [1.807, 2.05) is 0 Å². The van der Waals surface area contributed by atoms with Crippen LogP contribution >= 0.6 is 0 Å². The summed E-state index contributed by atoms with van der Waals surface area (Å²) < 4.78 is 20.5. The van der Waals surface area contributed by atoms with Crippen LogP contribution in [0.2, 0.25) is 58.9 Å². The van der Waals surface area contributed by atoms with Gasteiger partial charge in [-0.3, -0.25) is 0 Å². The van der Waals surface area contributed by atoms with E-state index in [1.165, 1.54) is 51.4 Å². The largest absolute Gasteiger partial charge is 0.415 e. The zero-order valence-corrected chi connectivity index (χ0v) is 30.5. The van der Waals surface area contributed by atoms with Gasteiger partial charge < -0.3 is 18.1 Å². The van der Waals surface area contributed by atoms with Crippen molar-refractivity contribution < 1.29 is 18.1 Å². The molecule has 0 amide bonds. The van der Waals surface area contributed by atoms with E-state index in [2.05, 4.69) is 72.8 Å². The summed E-state index contributed by atoms with van der Waals surface area (Å²) in [7, 11) is -3.43. The van der Waals surface area contributed by atoms with E-state index in [4.69, 9.17) is 23.3 Å². The minimum Gasteiger partial charge on any atom is -0.415 e. The van der Waals surface area contributed by atoms with Crippen molar-refractivity contribution >= 4 is 30.7 Å². The predicted octanol–water partition coefficient (Wildman–Crippen LogP) is 8.69. The molecule has 0 aliphatic heterocycles. The fourth-order valence-electron chi connectivity index (χ4n) is 9.66. The SMILES string of the molecule is CO/N=C(\CO[Si](C)(C)C)[C@@]1(O[Si](C)(C)C)CC[C@H]2[C@@H]3CCC4CC(O[Si](C)(C)C)CC[C@]4(C)[C@H]3CC[C@@]21C. The maximum Gasteiger partial charge on any atom is 0.185 e. The average molecular weight is 596 g/mol. The molecule has 0 heterocycles. The first-order chi connectivity index (χ1) is 17.8. The summed E-state index contributed by atoms with van der Waals surface area (Å²) in [5.41, 5.74) is 1.15. The highest BCUT2D eigenvalue weighted by molar-refractivity contribution is 6.70. The lowest BCUT2D eigenvalue weighted by Gasteiger charge is -2.62. The molecule has 0 spiro atoms. The summed E-state index contributed by atoms with van der Waals surface area (Å²) in [6.07, 6.45) is 11.9. The third-order valence-electron chi connectivity index (χ3n) is 11.0. The molecule has 2 unspecified atom stereocenters. The molecule has 4 aliphatic carbocycles. The first-order valence-corrected chi connectivity index (χ1v) is 26.2. The van der Waals surface area contributed by atoms with Gasteiger partial charge in [0.15, 0.2) is 25.0 Å². The number of oxime groups is 1. The summed E-state index contributed by atoms with van der Waals surface area (Å²) in [5, 5.41) is 4.72. The first-order valence-electron chi connectivity index (χ1n) is 16.0. The molecule has 4 saturated carbocycles. The number of fused-ring (bicyclic) bond motifs is 5. The number of rotatable bonds is 9. The monoisotopic (exact) mass is 595 g/mol. The average Bonchev–Trinajstić information content (AvgIpc) is 3.06. The Hall–Kier alpha value is 0.000649. The van der Waals surface area contributed by atoms with Gasteiger partial charge in [0.1, 0.15) is 18.4 Å². The van der Waals surface area contributed by atoms with Crippen LogP contribution in [0, 0.1) is 34.5 Å². The van der Waals surface area contributed by atoms with Crippen molar-refractivity contribution in [3.63, 3.8) is 0 Å². The molecular formula is C31H61NO4Si3. The minimum atomic E-state index is -1.89. The van der Waals surface area contributed by atoms with Gasteiger partial charge in [-0.2, -0.15) is 0 Å². The highest BCUT2D eigenvalue weighted by Gasteiger charge is 2.67. The molecule has 4 aliphatic rings. The molecule has 0 aromatic carbocycles. The Kier molecular flexibility index (Phi) is 8.95. The van der Waals surface area contributed by atoms with Crippen molar-refractivity contribution in [3.8, 4) is 0 Å². The summed E-state index contributed by atoms with van der Waals surface area (Å²) in [5.74, 6) is 3.10. The highest BCUT2D eigenvalue weighted by Crippen LogP contribution is 2.69. The minimum absolute atomic E-state index is 0.0654. The van der Waals surface area contributed by atoms with Gasteiger partial charge in [-0.05, 0) is 146 Å². The normalized spacial score (nSPS) is 41.5. The molecule has 0 saturated heterocycles. The second-order valence-electron chi connectivity index (χ2n) is 16.9. The van der Waals surface area contributed by atoms with Crippen molar-refractivity contribution in [2.45, 2.75) is 142 Å². The number of nitrogens with zero attached hydrogens (tertiary/aromatic N) is 1. The molecule has 4 fully saturated rings. The van der Waals surface area contributed by atoms with Gasteiger partial charge in [-0.1, -0.05) is 19.0 Å². The van der Waals surface area contributed by atoms with Gasteiger partial charge >= 0.3 is 0 Å². The fourth-order valence-corrected chi connectivity index (χ4v) is 12.9. The van der Waals surface area contributed by atoms with Gasteiger partial charge in [-0.25, -0.2) is 0 Å². The Morgan fingerprint density at radius 3 is 2.03 bits per heavy atom. The molecule has 0 radical (unpaired) electrons. The second kappa shape index (κ2) is 10.9. The van der Waals surface area contributed by atoms with Crippen LogP contribution in [-0.4, -0.2) is 56.1 Å². The Labute approximate surface area is 243 Å². The van der Waals surface area contributed by atoms with Gasteiger partial charge in [0.25, 0.3) is 0 Å². The quantitative estimate of drug-likeness (QED) is 0.152. The lowest BCUT2D eigenvalue weighted by molar-refractivity contribution is -0.139. The lowest BCUT2D eigenvalue weighted by atomic mass is 9.44. The number of hydrogen-bond donors (Lipinski definition) is 0. The van der Waals surface area contributed by atoms with E-state index in [0.717, 1.165) is 29.9 Å². The Morgan fingerprint density at radius 1 is 0.769 bits per heavy atom. The third kappa shape index (κ3) is 6.36. The first kappa shape index (κ1) is 31.9. The summed E-state index contributed by atoms with van der Waals surface area (Å²) in [6, 6.07) is 0. The van der Waals surface area contributed by atoms with Crippen LogP contribution in [0.15, 0.2) is 5.16 Å². The zero-order valence-electron chi connectivity index (χ0n) is 27.5. The molecular weight excluding hydrogens is 535 g/mol. The Bertz CT molecular complexity index is 909. The second-order valence-corrected chi connectivity index (χ2v) is 30.3. The van der Waals surface area contributed by atoms with Crippen LogP contribution < -0.4 is 0 Å². The highest BCUT2D eigenvalue weighted by atomic mass is 28.4. The van der Waals surface area contributed by atoms with Crippen LogP contribution in [0.3, 0.4) is 0 Å². The molecule has 8 heteroatoms. The van der Waals surface area contributed by atoms with Crippen molar-refractivity contribution in [1.29, 1.82) is 0 Å². The van der Waals surface area contributed by atoms with Crippen LogP contribution in [0.4, 0.5) is 0 Å². The molecule has 226 valence electrons. The molecule has 8 atom stereocenters. The van der Waals surface area contributed by atoms with E-state index < -0.39 is 25.0 Å². The van der Waals surface area contributed by atoms with Crippen molar-refractivity contribution in [3.05, 3.63) is 0 Å². The van der Waals surface area contributed by atoms with Gasteiger partial charge in [0.2, 0.25) is 0 Å². The lowest BCUT2D eigenvalue weighted by Crippen LogP contribution is -2.62. The molecule has 39 heavy (non-hydrogen) atoms. The summed E-state index contributed by atoms with van der Waals surface area (Å²) in [4.78, 5) is 5.53. The van der Waals surface area contributed by atoms with Gasteiger partial charge in [0.05, 0.1) is 6.61 Å². The molecule has 0 N–H and O–H groups in total. The molecule has 0 aromatic heterocycles. The van der Waals surface area contributed by atoms with E-state index in [0.29, 0.717) is 24.0 Å². The predicted molar refractivity (Wildman–Crippen MR) is 171 cm³/mol. The van der Waals surface area contributed by atoms with Crippen molar-refractivity contribution in [2.24, 2.45) is 39.7 Å². The topological polar surface area (TPSA) is 49.3 Å². The van der Waals surface area contributed by atoms with E-state index in [9.17, 15) is 0 Å². The summed E-state index contributed by atoms with van der Waals surface area (Å²) in [6.45, 7) is 26.6. The maximum atomic E-state index is 7.36. The Balaban J connectivity index is 1.63. The zero-order chi connectivity index (χ0) is 29.1. The third-order valence-corrected chi connectivity index (χ3v) is 14.1. The molecule has 0 bridgehead atoms. The molecule has 5 nitrogen and oxygen atoms in total. The van der Waals surface area contributed by atoms with Crippen LogP contribution in [0.5, 0.6) is 0 Å². The van der Waals surface area contributed by atoms with Crippen LogP contribution in [-0.2, 0) is 18.1 Å². The van der Waals surface area contributed by atoms with Crippen LogP contribution in [0.25, 0.3) is 0 Å². The summed E-state index contributed by atoms with van der Waals surface area (Å²) >= 11 is 0. The smallest absolute Gasteiger partial charge is 0.185 e. The van der Waals surface area contributed by atoms with E-state index >= 15 is 0 Å². The maximum absolute atomic E-state index is 7.36. The Morgan fingerprint density at radius 2 is 1.44 bits per heavy atom. The van der Waals surface area contributed by atoms with Crippen molar-refractivity contribution in [2.75, 3.05) is 13.7 Å². The van der Waals surface area contributed by atoms with Gasteiger partial charge in [0, 0.05) is 11.5 Å². The van der Waals surface area contributed by atoms with E-state index in [-0.39, 0.29) is 11.0 Å². The molecule has 4 rings (SSSR count).